The van der Waals surface area contributed by atoms with Gasteiger partial charge in [0.15, 0.2) is 6.10 Å². The largest absolute Gasteiger partial charge is 0.434 e. The first kappa shape index (κ1) is 25.9. The van der Waals surface area contributed by atoms with E-state index in [2.05, 4.69) is 10.3 Å². The van der Waals surface area contributed by atoms with Crippen LogP contribution in [0.1, 0.15) is 28.5 Å². The number of nitrogens with one attached hydrogen (secondary N) is 1. The minimum absolute atomic E-state index is 0.0258. The fourth-order valence-corrected chi connectivity index (χ4v) is 3.58. The van der Waals surface area contributed by atoms with Gasteiger partial charge >= 0.3 is 18.4 Å². The summed E-state index contributed by atoms with van der Waals surface area (Å²) in [6.45, 7) is 0. The number of alkyl halides is 6. The highest BCUT2D eigenvalue weighted by Crippen LogP contribution is 2.38. The van der Waals surface area contributed by atoms with Gasteiger partial charge in [0.1, 0.15) is 5.69 Å². The van der Waals surface area contributed by atoms with Crippen LogP contribution in [0.2, 0.25) is 15.1 Å². The van der Waals surface area contributed by atoms with Crippen LogP contribution in [-0.4, -0.2) is 11.1 Å². The Kier molecular flexibility index (Phi) is 7.54. The highest BCUT2D eigenvalue weighted by molar-refractivity contribution is 6.35. The summed E-state index contributed by atoms with van der Waals surface area (Å²) in [7, 11) is 0. The first-order valence-electron chi connectivity index (χ1n) is 9.08. The molecule has 0 aliphatic rings. The number of benzene rings is 2. The molecule has 0 radical (unpaired) electrons. The normalized spacial score (nSPS) is 12.9. The average Bonchev–Trinajstić information content (AvgIpc) is 2.71. The number of halogens is 9. The van der Waals surface area contributed by atoms with Gasteiger partial charge in [0.05, 0.1) is 16.1 Å². The molecule has 3 rings (SSSR count). The lowest BCUT2D eigenvalue weighted by atomic mass is 10.0. The third kappa shape index (κ3) is 6.25. The van der Waals surface area contributed by atoms with Crippen molar-refractivity contribution in [2.45, 2.75) is 18.5 Å². The van der Waals surface area contributed by atoms with Crippen LogP contribution in [0.5, 0.6) is 0 Å². The summed E-state index contributed by atoms with van der Waals surface area (Å²) in [4.78, 5) is 16.2. The lowest BCUT2D eigenvalue weighted by molar-refractivity contribution is -0.138. The van der Waals surface area contributed by atoms with Gasteiger partial charge in [-0.25, -0.2) is 4.79 Å². The molecule has 2 aromatic carbocycles. The molecular formula is C21H11Cl3F6N2O2. The molecule has 0 bridgehead atoms. The van der Waals surface area contributed by atoms with Crippen LogP contribution in [0.4, 0.5) is 36.8 Å². The maximum atomic E-state index is 13.0. The molecule has 34 heavy (non-hydrogen) atoms. The van der Waals surface area contributed by atoms with Crippen LogP contribution in [0.3, 0.4) is 0 Å². The Morgan fingerprint density at radius 1 is 0.882 bits per heavy atom. The van der Waals surface area contributed by atoms with Crippen molar-refractivity contribution in [2.75, 3.05) is 5.32 Å². The molecule has 0 unspecified atom stereocenters. The summed E-state index contributed by atoms with van der Waals surface area (Å²) >= 11 is 18.1. The van der Waals surface area contributed by atoms with Gasteiger partial charge < -0.3 is 4.74 Å². The Morgan fingerprint density at radius 3 is 2.15 bits per heavy atom. The highest BCUT2D eigenvalue weighted by Gasteiger charge is 2.34. The lowest BCUT2D eigenvalue weighted by Gasteiger charge is -2.21. The fourth-order valence-electron chi connectivity index (χ4n) is 2.80. The number of ether oxygens (including phenoxy) is 1. The fraction of sp³-hybridized carbons (Fsp3) is 0.143. The number of nitrogens with zero attached hydrogens (tertiary/aromatic N) is 1. The molecule has 1 atom stereocenters. The number of hydrogen-bond acceptors (Lipinski definition) is 3. The number of aromatic nitrogens is 1. The quantitative estimate of drug-likeness (QED) is 0.336. The first-order chi connectivity index (χ1) is 15.8. The zero-order valence-corrected chi connectivity index (χ0v) is 18.7. The van der Waals surface area contributed by atoms with Gasteiger partial charge in [-0.05, 0) is 36.4 Å². The molecule has 1 aromatic heterocycles. The van der Waals surface area contributed by atoms with Crippen molar-refractivity contribution in [1.82, 2.24) is 4.98 Å². The highest BCUT2D eigenvalue weighted by atomic mass is 35.5. The SMILES string of the molecule is O=C(Nc1cccc(C(F)(F)F)c1)O[C@H](c1ccc(Cl)cc1Cl)c1ncc(C(F)(F)F)cc1Cl. The minimum atomic E-state index is -4.73. The van der Waals surface area contributed by atoms with E-state index < -0.39 is 40.7 Å². The zero-order valence-electron chi connectivity index (χ0n) is 16.4. The molecule has 0 saturated carbocycles. The molecule has 3 aromatic rings. The monoisotopic (exact) mass is 542 g/mol. The predicted molar refractivity (Wildman–Crippen MR) is 114 cm³/mol. The van der Waals surface area contributed by atoms with Gasteiger partial charge in [-0.1, -0.05) is 46.9 Å². The second-order valence-corrected chi connectivity index (χ2v) is 7.99. The molecule has 0 aliphatic heterocycles. The van der Waals surface area contributed by atoms with Crippen molar-refractivity contribution in [2.24, 2.45) is 0 Å². The molecular weight excluding hydrogens is 533 g/mol. The van der Waals surface area contributed by atoms with Gasteiger partial charge in [0.2, 0.25) is 0 Å². The average molecular weight is 544 g/mol. The van der Waals surface area contributed by atoms with E-state index >= 15 is 0 Å². The van der Waals surface area contributed by atoms with Crippen LogP contribution in [-0.2, 0) is 17.1 Å². The van der Waals surface area contributed by atoms with Gasteiger partial charge in [-0.2, -0.15) is 26.3 Å². The molecule has 180 valence electrons. The number of carbonyl (C=O) groups excluding carboxylic acids is 1. The van der Waals surface area contributed by atoms with Crippen LogP contribution >= 0.6 is 34.8 Å². The van der Waals surface area contributed by atoms with Crippen molar-refractivity contribution in [3.63, 3.8) is 0 Å². The van der Waals surface area contributed by atoms with Crippen molar-refractivity contribution in [3.05, 3.63) is 92.2 Å². The van der Waals surface area contributed by atoms with E-state index in [0.29, 0.717) is 18.3 Å². The molecule has 0 spiro atoms. The molecule has 0 fully saturated rings. The number of rotatable bonds is 4. The van der Waals surface area contributed by atoms with Gasteiger partial charge in [-0.3, -0.25) is 10.3 Å². The van der Waals surface area contributed by atoms with E-state index in [1.807, 2.05) is 0 Å². The maximum Gasteiger partial charge on any atom is 0.417 e. The number of carbonyl (C=O) groups is 1. The minimum Gasteiger partial charge on any atom is -0.434 e. The second-order valence-electron chi connectivity index (χ2n) is 6.74. The van der Waals surface area contributed by atoms with Crippen molar-refractivity contribution in [3.8, 4) is 0 Å². The summed E-state index contributed by atoms with van der Waals surface area (Å²) in [6, 6.07) is 8.33. The molecule has 1 N–H and O–H groups in total. The van der Waals surface area contributed by atoms with Gasteiger partial charge in [0, 0.05) is 27.5 Å². The van der Waals surface area contributed by atoms with Crippen LogP contribution < -0.4 is 5.32 Å². The lowest BCUT2D eigenvalue weighted by Crippen LogP contribution is -2.20. The Balaban J connectivity index is 1.96. The van der Waals surface area contributed by atoms with Crippen LogP contribution in [0.25, 0.3) is 0 Å². The van der Waals surface area contributed by atoms with Gasteiger partial charge in [0.25, 0.3) is 0 Å². The summed E-state index contributed by atoms with van der Waals surface area (Å²) in [6.07, 6.45) is -11.7. The Hall–Kier alpha value is -2.69. The molecule has 0 aliphatic carbocycles. The topological polar surface area (TPSA) is 51.2 Å². The van der Waals surface area contributed by atoms with E-state index in [9.17, 15) is 31.1 Å². The second kappa shape index (κ2) is 9.89. The Bertz CT molecular complexity index is 1220. The summed E-state index contributed by atoms with van der Waals surface area (Å²) < 4.78 is 83.0. The molecule has 4 nitrogen and oxygen atoms in total. The van der Waals surface area contributed by atoms with Crippen molar-refractivity contribution >= 4 is 46.6 Å². The molecule has 1 amide bonds. The summed E-state index contributed by atoms with van der Waals surface area (Å²) in [5.41, 5.74) is -2.63. The third-order valence-corrected chi connectivity index (χ3v) is 5.22. The van der Waals surface area contributed by atoms with Crippen molar-refractivity contribution < 1.29 is 35.9 Å². The van der Waals surface area contributed by atoms with Crippen LogP contribution in [0, 0.1) is 0 Å². The number of hydrogen-bond donors (Lipinski definition) is 1. The predicted octanol–water partition coefficient (Wildman–Crippen LogP) is 8.42. The number of amides is 1. The summed E-state index contributed by atoms with van der Waals surface area (Å²) in [5.74, 6) is 0. The molecule has 0 saturated heterocycles. The van der Waals surface area contributed by atoms with E-state index in [0.717, 1.165) is 12.1 Å². The number of pyridine rings is 1. The molecule has 1 heterocycles. The third-order valence-electron chi connectivity index (χ3n) is 4.35. The zero-order chi connectivity index (χ0) is 25.3. The Morgan fingerprint density at radius 2 is 1.56 bits per heavy atom. The Labute approximate surface area is 203 Å². The number of anilines is 1. The van der Waals surface area contributed by atoms with Gasteiger partial charge in [-0.15, -0.1) is 0 Å². The van der Waals surface area contributed by atoms with E-state index in [1.54, 1.807) is 0 Å². The first-order valence-corrected chi connectivity index (χ1v) is 10.2. The van der Waals surface area contributed by atoms with E-state index in [-0.39, 0.29) is 27.0 Å². The summed E-state index contributed by atoms with van der Waals surface area (Å²) in [5, 5.41) is 1.83. The van der Waals surface area contributed by atoms with E-state index in [4.69, 9.17) is 39.5 Å². The maximum absolute atomic E-state index is 13.0. The smallest absolute Gasteiger partial charge is 0.417 e. The molecule has 13 heteroatoms. The standard InChI is InChI=1S/C21H11Cl3F6N2O2/c22-12-4-5-14(15(23)8-12)18(17-16(24)7-11(9-31-17)21(28,29)30)34-19(33)32-13-3-1-2-10(6-13)20(25,26)27/h1-9,18H,(H,32,33)/t18-/m1/s1. The van der Waals surface area contributed by atoms with E-state index in [1.165, 1.54) is 24.3 Å². The van der Waals surface area contributed by atoms with Crippen molar-refractivity contribution in [1.29, 1.82) is 0 Å². The van der Waals surface area contributed by atoms with Crippen LogP contribution in [0.15, 0.2) is 54.7 Å².